The fourth-order valence-electron chi connectivity index (χ4n) is 5.90. The number of sulfone groups is 1. The van der Waals surface area contributed by atoms with Crippen molar-refractivity contribution in [3.63, 3.8) is 0 Å². The van der Waals surface area contributed by atoms with Gasteiger partial charge >= 0.3 is 0 Å². The van der Waals surface area contributed by atoms with Gasteiger partial charge in [0.05, 0.1) is 28.6 Å². The van der Waals surface area contributed by atoms with Crippen LogP contribution in [-0.4, -0.2) is 53.7 Å². The lowest BCUT2D eigenvalue weighted by Gasteiger charge is -2.30. The molecule has 0 bridgehead atoms. The van der Waals surface area contributed by atoms with Gasteiger partial charge in [-0.1, -0.05) is 25.0 Å². The zero-order valence-electron chi connectivity index (χ0n) is 21.8. The van der Waals surface area contributed by atoms with Gasteiger partial charge in [0.2, 0.25) is 5.89 Å². The zero-order valence-corrected chi connectivity index (χ0v) is 22.6. The topological polar surface area (TPSA) is 130 Å². The molecule has 2 aromatic heterocycles. The minimum absolute atomic E-state index is 0.117. The molecule has 3 heterocycles. The van der Waals surface area contributed by atoms with Gasteiger partial charge in [-0.3, -0.25) is 4.79 Å². The Kier molecular flexibility index (Phi) is 6.71. The van der Waals surface area contributed by atoms with Crippen molar-refractivity contribution < 1.29 is 17.6 Å². The van der Waals surface area contributed by atoms with E-state index in [1.807, 2.05) is 24.3 Å². The van der Waals surface area contributed by atoms with Crippen LogP contribution in [0.1, 0.15) is 56.6 Å². The predicted molar refractivity (Wildman–Crippen MR) is 145 cm³/mol. The molecule has 39 heavy (non-hydrogen) atoms. The number of ketones is 1. The monoisotopic (exact) mass is 545 g/mol. The average molecular weight is 546 g/mol. The first-order valence-corrected chi connectivity index (χ1v) is 15.4. The van der Waals surface area contributed by atoms with Crippen molar-refractivity contribution >= 4 is 21.3 Å². The van der Waals surface area contributed by atoms with Crippen molar-refractivity contribution in [3.05, 3.63) is 48.7 Å². The number of carbonyl (C=O) groups excluding carboxylic acids is 1. The second-order valence-electron chi connectivity index (χ2n) is 11.1. The van der Waals surface area contributed by atoms with Crippen molar-refractivity contribution in [1.82, 2.24) is 15.0 Å². The summed E-state index contributed by atoms with van der Waals surface area (Å²) < 4.78 is 30.1. The number of aromatic nitrogens is 3. The number of hydrogen-bond acceptors (Lipinski definition) is 9. The highest BCUT2D eigenvalue weighted by Gasteiger charge is 2.47. The number of benzene rings is 1. The lowest BCUT2D eigenvalue weighted by molar-refractivity contribution is -0.125. The summed E-state index contributed by atoms with van der Waals surface area (Å²) in [5.41, 5.74) is 2.73. The van der Waals surface area contributed by atoms with Crippen molar-refractivity contribution in [2.24, 2.45) is 11.3 Å². The summed E-state index contributed by atoms with van der Waals surface area (Å²) in [5.74, 6) is 1.27. The van der Waals surface area contributed by atoms with E-state index in [1.54, 1.807) is 12.4 Å². The van der Waals surface area contributed by atoms with Crippen LogP contribution in [0.4, 0.5) is 5.69 Å². The summed E-state index contributed by atoms with van der Waals surface area (Å²) in [6.07, 6.45) is 10.3. The molecule has 0 N–H and O–H groups in total. The number of carbonyl (C=O) groups is 1. The van der Waals surface area contributed by atoms with E-state index in [9.17, 15) is 18.5 Å². The van der Waals surface area contributed by atoms with Crippen molar-refractivity contribution in [2.75, 3.05) is 29.5 Å². The Hall–Kier alpha value is -3.58. The highest BCUT2D eigenvalue weighted by Crippen LogP contribution is 2.51. The molecule has 3 fully saturated rings. The molecule has 202 valence electrons. The van der Waals surface area contributed by atoms with Gasteiger partial charge in [-0.2, -0.15) is 5.26 Å². The maximum absolute atomic E-state index is 13.5. The van der Waals surface area contributed by atoms with Crippen LogP contribution >= 0.6 is 0 Å². The number of anilines is 1. The standard InChI is InChI=1S/C29H31N5O4S/c30-18-29(9-10-29)15-25(35)23-3-1-2-4-24(23)27-26(33-28(38-27)21-16-31-19-32-17-21)20-5-7-22(8-6-20)34-11-13-39(36,37)14-12-34/h5-8,16-17,19,23-24H,1-4,9-15H2/t23-,24-/m1/s1. The quantitative estimate of drug-likeness (QED) is 0.419. The molecule has 1 aromatic carbocycles. The summed E-state index contributed by atoms with van der Waals surface area (Å²) in [6.45, 7) is 0.955. The third-order valence-corrected chi connectivity index (χ3v) is 10.0. The largest absolute Gasteiger partial charge is 0.440 e. The lowest BCUT2D eigenvalue weighted by Crippen LogP contribution is -2.40. The number of nitrogens with zero attached hydrogens (tertiary/aromatic N) is 5. The molecule has 1 aliphatic heterocycles. The van der Waals surface area contributed by atoms with Crippen LogP contribution in [0.5, 0.6) is 0 Å². The maximum Gasteiger partial charge on any atom is 0.230 e. The van der Waals surface area contributed by atoms with Gasteiger partial charge in [0, 0.05) is 55.0 Å². The first kappa shape index (κ1) is 25.7. The van der Waals surface area contributed by atoms with Gasteiger partial charge in [-0.25, -0.2) is 23.4 Å². The molecule has 0 radical (unpaired) electrons. The van der Waals surface area contributed by atoms with Crippen molar-refractivity contribution in [1.29, 1.82) is 5.26 Å². The second-order valence-corrected chi connectivity index (χ2v) is 13.4. The Morgan fingerprint density at radius 1 is 1.05 bits per heavy atom. The van der Waals surface area contributed by atoms with Crippen molar-refractivity contribution in [3.8, 4) is 28.8 Å². The zero-order chi connectivity index (χ0) is 27.0. The molecular weight excluding hydrogens is 514 g/mol. The fraction of sp³-hybridized carbons (Fsp3) is 0.483. The molecule has 2 atom stereocenters. The number of nitriles is 1. The molecule has 10 heteroatoms. The first-order valence-electron chi connectivity index (χ1n) is 13.6. The van der Waals surface area contributed by atoms with E-state index in [4.69, 9.17) is 9.40 Å². The smallest absolute Gasteiger partial charge is 0.230 e. The molecule has 9 nitrogen and oxygen atoms in total. The average Bonchev–Trinajstić information content (AvgIpc) is 3.60. The number of Topliss-reactive ketones (excluding diaryl/α,β-unsaturated/α-hetero) is 1. The van der Waals surface area contributed by atoms with Crippen LogP contribution in [0, 0.1) is 22.7 Å². The summed E-state index contributed by atoms with van der Waals surface area (Å²) in [4.78, 5) is 28.7. The van der Waals surface area contributed by atoms with E-state index in [-0.39, 0.29) is 29.1 Å². The Morgan fingerprint density at radius 3 is 2.41 bits per heavy atom. The molecule has 2 saturated carbocycles. The number of rotatable bonds is 7. The molecule has 0 amide bonds. The molecule has 1 saturated heterocycles. The molecule has 3 aliphatic rings. The molecule has 3 aromatic rings. The summed E-state index contributed by atoms with van der Waals surface area (Å²) >= 11 is 0. The minimum Gasteiger partial charge on any atom is -0.440 e. The van der Waals surface area contributed by atoms with Crippen LogP contribution in [0.2, 0.25) is 0 Å². The maximum atomic E-state index is 13.5. The van der Waals surface area contributed by atoms with E-state index in [1.165, 1.54) is 6.33 Å². The SMILES string of the molecule is N#CC1(CC(=O)[C@@H]2CCCC[C@H]2c2oc(-c3cncnc3)nc2-c2ccc(N3CCS(=O)(=O)CC3)cc2)CC1. The van der Waals surface area contributed by atoms with E-state index in [0.717, 1.165) is 49.8 Å². The lowest BCUT2D eigenvalue weighted by atomic mass is 9.73. The summed E-state index contributed by atoms with van der Waals surface area (Å²) in [7, 11) is -2.96. The van der Waals surface area contributed by atoms with Crippen LogP contribution in [0.15, 0.2) is 47.4 Å². The van der Waals surface area contributed by atoms with Gasteiger partial charge in [0.25, 0.3) is 0 Å². The highest BCUT2D eigenvalue weighted by molar-refractivity contribution is 7.91. The van der Waals surface area contributed by atoms with Crippen LogP contribution in [0.3, 0.4) is 0 Å². The predicted octanol–water partition coefficient (Wildman–Crippen LogP) is 4.57. The minimum atomic E-state index is -2.96. The van der Waals surface area contributed by atoms with Gasteiger partial charge in [-0.15, -0.1) is 0 Å². The fourth-order valence-corrected chi connectivity index (χ4v) is 7.10. The molecule has 0 unspecified atom stereocenters. The van der Waals surface area contributed by atoms with Gasteiger partial charge in [-0.05, 0) is 37.8 Å². The van der Waals surface area contributed by atoms with Crippen LogP contribution in [0.25, 0.3) is 22.7 Å². The third-order valence-electron chi connectivity index (χ3n) is 8.43. The third kappa shape index (κ3) is 5.33. The van der Waals surface area contributed by atoms with Crippen LogP contribution < -0.4 is 4.90 Å². The molecule has 6 rings (SSSR count). The van der Waals surface area contributed by atoms with Crippen molar-refractivity contribution in [2.45, 2.75) is 50.9 Å². The number of hydrogen-bond donors (Lipinski definition) is 0. The number of oxazole rings is 1. The summed E-state index contributed by atoms with van der Waals surface area (Å²) in [5, 5.41) is 9.58. The first-order chi connectivity index (χ1) is 18.9. The normalized spacial score (nSPS) is 23.6. The summed E-state index contributed by atoms with van der Waals surface area (Å²) in [6, 6.07) is 10.3. The Morgan fingerprint density at radius 2 is 1.74 bits per heavy atom. The second kappa shape index (κ2) is 10.2. The molecule has 2 aliphatic carbocycles. The molecule has 0 spiro atoms. The van der Waals surface area contributed by atoms with Gasteiger partial charge < -0.3 is 9.32 Å². The van der Waals surface area contributed by atoms with E-state index in [0.29, 0.717) is 42.4 Å². The Bertz CT molecular complexity index is 1490. The Labute approximate surface area is 228 Å². The van der Waals surface area contributed by atoms with E-state index >= 15 is 0 Å². The Balaban J connectivity index is 1.34. The van der Waals surface area contributed by atoms with Gasteiger partial charge in [0.1, 0.15) is 23.6 Å². The van der Waals surface area contributed by atoms with E-state index in [2.05, 4.69) is 20.9 Å². The highest BCUT2D eigenvalue weighted by atomic mass is 32.2. The molecular formula is C29H31N5O4S. The van der Waals surface area contributed by atoms with E-state index < -0.39 is 15.3 Å². The van der Waals surface area contributed by atoms with Crippen LogP contribution in [-0.2, 0) is 14.6 Å². The van der Waals surface area contributed by atoms with Gasteiger partial charge in [0.15, 0.2) is 9.84 Å².